The monoisotopic (exact) mass is 317 g/mol. The molecule has 0 spiro atoms. The lowest BCUT2D eigenvalue weighted by Crippen LogP contribution is -2.52. The summed E-state index contributed by atoms with van der Waals surface area (Å²) in [5, 5.41) is 0. The van der Waals surface area contributed by atoms with Crippen molar-refractivity contribution in [3.63, 3.8) is 0 Å². The van der Waals surface area contributed by atoms with Gasteiger partial charge in [0, 0.05) is 45.7 Å². The van der Waals surface area contributed by atoms with Crippen LogP contribution in [0.3, 0.4) is 0 Å². The van der Waals surface area contributed by atoms with Gasteiger partial charge < -0.3 is 9.80 Å². The summed E-state index contributed by atoms with van der Waals surface area (Å²) in [5.41, 5.74) is 1.22. The number of rotatable bonds is 5. The average molecular weight is 317 g/mol. The first kappa shape index (κ1) is 17.5. The highest BCUT2D eigenvalue weighted by atomic mass is 16.2. The molecular formula is C18H27N3O2. The van der Waals surface area contributed by atoms with Crippen LogP contribution in [0, 0.1) is 0 Å². The lowest BCUT2D eigenvalue weighted by atomic mass is 10.2. The summed E-state index contributed by atoms with van der Waals surface area (Å²) in [4.78, 5) is 29.8. The van der Waals surface area contributed by atoms with E-state index < -0.39 is 0 Å². The molecule has 23 heavy (non-hydrogen) atoms. The molecule has 126 valence electrons. The minimum Gasteiger partial charge on any atom is -0.339 e. The molecule has 1 heterocycles. The molecule has 1 saturated heterocycles. The van der Waals surface area contributed by atoms with E-state index in [4.69, 9.17) is 0 Å². The Bertz CT molecular complexity index is 522. The maximum Gasteiger partial charge on any atom is 0.236 e. The Balaban J connectivity index is 1.90. The molecule has 1 aliphatic heterocycles. The highest BCUT2D eigenvalue weighted by Gasteiger charge is 2.24. The summed E-state index contributed by atoms with van der Waals surface area (Å²) in [6.45, 7) is 9.56. The predicted octanol–water partition coefficient (Wildman–Crippen LogP) is 1.59. The molecule has 0 bridgehead atoms. The second-order valence-corrected chi connectivity index (χ2v) is 6.37. The van der Waals surface area contributed by atoms with Gasteiger partial charge in [0.15, 0.2) is 0 Å². The van der Waals surface area contributed by atoms with E-state index in [0.717, 1.165) is 6.54 Å². The standard InChI is InChI=1S/C18H27N3O2/c1-15(2)21(13-17-7-5-4-6-8-17)14-18(23)20-11-9-19(10-12-20)16(3)22/h4-8,15H,9-14H2,1-3H3. The molecule has 1 aromatic carbocycles. The molecule has 0 atom stereocenters. The van der Waals surface area contributed by atoms with Gasteiger partial charge >= 0.3 is 0 Å². The van der Waals surface area contributed by atoms with E-state index in [0.29, 0.717) is 38.8 Å². The van der Waals surface area contributed by atoms with Gasteiger partial charge in [0.05, 0.1) is 6.54 Å². The van der Waals surface area contributed by atoms with Gasteiger partial charge in [-0.25, -0.2) is 0 Å². The SMILES string of the molecule is CC(=O)N1CCN(C(=O)CN(Cc2ccccc2)C(C)C)CC1. The van der Waals surface area contributed by atoms with Crippen molar-refractivity contribution in [2.45, 2.75) is 33.4 Å². The van der Waals surface area contributed by atoms with Crippen LogP contribution in [0.15, 0.2) is 30.3 Å². The second-order valence-electron chi connectivity index (χ2n) is 6.37. The Morgan fingerprint density at radius 2 is 1.61 bits per heavy atom. The zero-order chi connectivity index (χ0) is 16.8. The van der Waals surface area contributed by atoms with Crippen molar-refractivity contribution in [1.82, 2.24) is 14.7 Å². The van der Waals surface area contributed by atoms with E-state index in [9.17, 15) is 9.59 Å². The normalized spacial score (nSPS) is 15.3. The summed E-state index contributed by atoms with van der Waals surface area (Å²) in [6.07, 6.45) is 0. The number of carbonyl (C=O) groups is 2. The molecule has 5 nitrogen and oxygen atoms in total. The lowest BCUT2D eigenvalue weighted by Gasteiger charge is -2.36. The van der Waals surface area contributed by atoms with E-state index in [1.807, 2.05) is 23.1 Å². The van der Waals surface area contributed by atoms with Gasteiger partial charge in [-0.3, -0.25) is 14.5 Å². The first-order chi connectivity index (χ1) is 11.0. The third kappa shape index (κ3) is 5.06. The van der Waals surface area contributed by atoms with E-state index >= 15 is 0 Å². The number of benzene rings is 1. The van der Waals surface area contributed by atoms with Crippen LogP contribution in [0.25, 0.3) is 0 Å². The molecule has 1 aromatic rings. The van der Waals surface area contributed by atoms with Crippen LogP contribution in [0.5, 0.6) is 0 Å². The summed E-state index contributed by atoms with van der Waals surface area (Å²) in [6, 6.07) is 10.5. The fourth-order valence-corrected chi connectivity index (χ4v) is 2.78. The fraction of sp³-hybridized carbons (Fsp3) is 0.556. The third-order valence-corrected chi connectivity index (χ3v) is 4.37. The quantitative estimate of drug-likeness (QED) is 0.828. The van der Waals surface area contributed by atoms with Gasteiger partial charge in [-0.1, -0.05) is 30.3 Å². The molecule has 0 unspecified atom stereocenters. The van der Waals surface area contributed by atoms with Crippen molar-refractivity contribution in [1.29, 1.82) is 0 Å². The number of amides is 2. The van der Waals surface area contributed by atoms with Crippen molar-refractivity contribution in [2.75, 3.05) is 32.7 Å². The Morgan fingerprint density at radius 1 is 1.04 bits per heavy atom. The predicted molar refractivity (Wildman–Crippen MR) is 90.8 cm³/mol. The zero-order valence-electron chi connectivity index (χ0n) is 14.4. The maximum absolute atomic E-state index is 12.6. The van der Waals surface area contributed by atoms with Gasteiger partial charge in [-0.2, -0.15) is 0 Å². The summed E-state index contributed by atoms with van der Waals surface area (Å²) in [7, 11) is 0. The summed E-state index contributed by atoms with van der Waals surface area (Å²) in [5.74, 6) is 0.239. The lowest BCUT2D eigenvalue weighted by molar-refractivity contribution is -0.139. The molecule has 5 heteroatoms. The number of piperazine rings is 1. The van der Waals surface area contributed by atoms with E-state index in [1.165, 1.54) is 5.56 Å². The molecule has 1 fully saturated rings. The van der Waals surface area contributed by atoms with Gasteiger partial charge in [0.1, 0.15) is 0 Å². The van der Waals surface area contributed by atoms with Crippen LogP contribution in [0.4, 0.5) is 0 Å². The topological polar surface area (TPSA) is 43.9 Å². The van der Waals surface area contributed by atoms with Crippen LogP contribution in [0.1, 0.15) is 26.3 Å². The summed E-state index contributed by atoms with van der Waals surface area (Å²) < 4.78 is 0. The van der Waals surface area contributed by atoms with Gasteiger partial charge in [0.25, 0.3) is 0 Å². The maximum atomic E-state index is 12.6. The first-order valence-electron chi connectivity index (χ1n) is 8.28. The van der Waals surface area contributed by atoms with E-state index in [2.05, 4.69) is 30.9 Å². The van der Waals surface area contributed by atoms with Crippen molar-refractivity contribution < 1.29 is 9.59 Å². The van der Waals surface area contributed by atoms with E-state index in [1.54, 1.807) is 11.8 Å². The van der Waals surface area contributed by atoms with Crippen LogP contribution < -0.4 is 0 Å². The molecule has 2 rings (SSSR count). The largest absolute Gasteiger partial charge is 0.339 e. The molecule has 0 radical (unpaired) electrons. The molecular weight excluding hydrogens is 290 g/mol. The second kappa shape index (κ2) is 8.11. The zero-order valence-corrected chi connectivity index (χ0v) is 14.4. The van der Waals surface area contributed by atoms with Crippen LogP contribution in [-0.2, 0) is 16.1 Å². The third-order valence-electron chi connectivity index (χ3n) is 4.37. The van der Waals surface area contributed by atoms with Gasteiger partial charge in [-0.15, -0.1) is 0 Å². The Labute approximate surface area is 138 Å². The van der Waals surface area contributed by atoms with Crippen LogP contribution in [-0.4, -0.2) is 65.3 Å². The molecule has 0 N–H and O–H groups in total. The highest BCUT2D eigenvalue weighted by Crippen LogP contribution is 2.10. The summed E-state index contributed by atoms with van der Waals surface area (Å²) >= 11 is 0. The smallest absolute Gasteiger partial charge is 0.236 e. The van der Waals surface area contributed by atoms with Gasteiger partial charge in [-0.05, 0) is 19.4 Å². The van der Waals surface area contributed by atoms with Crippen LogP contribution in [0.2, 0.25) is 0 Å². The molecule has 0 aromatic heterocycles. The molecule has 0 aliphatic carbocycles. The number of hydrogen-bond acceptors (Lipinski definition) is 3. The Kier molecular flexibility index (Phi) is 6.16. The van der Waals surface area contributed by atoms with Crippen molar-refractivity contribution in [3.05, 3.63) is 35.9 Å². The Morgan fingerprint density at radius 3 is 2.13 bits per heavy atom. The number of nitrogens with zero attached hydrogens (tertiary/aromatic N) is 3. The average Bonchev–Trinajstić information content (AvgIpc) is 2.55. The molecule has 2 amide bonds. The van der Waals surface area contributed by atoms with Crippen molar-refractivity contribution in [2.24, 2.45) is 0 Å². The molecule has 0 saturated carbocycles. The molecule has 1 aliphatic rings. The Hall–Kier alpha value is -1.88. The minimum absolute atomic E-state index is 0.0879. The fourth-order valence-electron chi connectivity index (χ4n) is 2.78. The highest BCUT2D eigenvalue weighted by molar-refractivity contribution is 5.79. The first-order valence-corrected chi connectivity index (χ1v) is 8.28. The van der Waals surface area contributed by atoms with Gasteiger partial charge in [0.2, 0.25) is 11.8 Å². The van der Waals surface area contributed by atoms with Crippen molar-refractivity contribution in [3.8, 4) is 0 Å². The van der Waals surface area contributed by atoms with Crippen LogP contribution >= 0.6 is 0 Å². The minimum atomic E-state index is 0.0879. The van der Waals surface area contributed by atoms with E-state index in [-0.39, 0.29) is 11.8 Å². The van der Waals surface area contributed by atoms with Crippen molar-refractivity contribution >= 4 is 11.8 Å². The number of carbonyl (C=O) groups excluding carboxylic acids is 2. The number of hydrogen-bond donors (Lipinski definition) is 0.